The van der Waals surface area contributed by atoms with E-state index in [1.54, 1.807) is 45.6 Å². The molecule has 0 radical (unpaired) electrons. The topological polar surface area (TPSA) is 157 Å². The van der Waals surface area contributed by atoms with E-state index < -0.39 is 17.6 Å². The summed E-state index contributed by atoms with van der Waals surface area (Å²) in [5, 5.41) is 16.2. The summed E-state index contributed by atoms with van der Waals surface area (Å²) in [4.78, 5) is 23.3. The second-order valence-corrected chi connectivity index (χ2v) is 12.8. The van der Waals surface area contributed by atoms with Crippen molar-refractivity contribution in [1.82, 2.24) is 5.32 Å². The first-order valence-electron chi connectivity index (χ1n) is 17.8. The zero-order valence-electron chi connectivity index (χ0n) is 31.0. The molecule has 282 valence electrons. The molecule has 0 saturated heterocycles. The van der Waals surface area contributed by atoms with Crippen molar-refractivity contribution >= 4 is 11.8 Å². The van der Waals surface area contributed by atoms with Gasteiger partial charge in [-0.05, 0) is 57.6 Å². The van der Waals surface area contributed by atoms with Crippen LogP contribution in [0.2, 0.25) is 0 Å². The standard InChI is InChI=1S/C43H43N5O7/c1-51-36-24-38(52-2)37(39(25-36)53-3)28-45-42(50)43(26-33-12-7-8-13-34(33)27-46-48-44)40(31-16-14-30(15-17-31)29-10-5-4-6-11-29)55-41(47-43)32-18-20-35(21-19-32)54-23-9-22-49/h4-8,10-21,24-25,40,49H,9,22-23,26-28H2,1-3H3,(H,45,50)/t40-,43-/m1/s1. The minimum atomic E-state index is -1.54. The molecule has 0 bridgehead atoms. The second-order valence-electron chi connectivity index (χ2n) is 12.8. The van der Waals surface area contributed by atoms with Crippen molar-refractivity contribution in [3.8, 4) is 34.1 Å². The van der Waals surface area contributed by atoms with Gasteiger partial charge in [0.1, 0.15) is 23.0 Å². The lowest BCUT2D eigenvalue weighted by molar-refractivity contribution is -0.129. The highest BCUT2D eigenvalue weighted by atomic mass is 16.5. The van der Waals surface area contributed by atoms with Crippen LogP contribution in [0, 0.1) is 0 Å². The molecule has 5 aromatic rings. The van der Waals surface area contributed by atoms with Gasteiger partial charge >= 0.3 is 0 Å². The van der Waals surface area contributed by atoms with E-state index in [-0.39, 0.29) is 32.0 Å². The van der Waals surface area contributed by atoms with Gasteiger partial charge in [-0.2, -0.15) is 0 Å². The molecule has 12 heteroatoms. The number of nitrogens with zero attached hydrogens (tertiary/aromatic N) is 4. The van der Waals surface area contributed by atoms with Crippen LogP contribution in [0.5, 0.6) is 23.0 Å². The highest BCUT2D eigenvalue weighted by Crippen LogP contribution is 2.44. The van der Waals surface area contributed by atoms with Gasteiger partial charge in [0.05, 0.1) is 46.6 Å². The average Bonchev–Trinajstić information content (AvgIpc) is 3.63. The SMILES string of the molecule is COc1cc(OC)c(CNC(=O)[C@]2(Cc3ccccc3CN=[N+]=[N-])N=C(c3ccc(OCCCO)cc3)O[C@@H]2c2ccc(-c3ccccc3)cc2)c(OC)c1. The van der Waals surface area contributed by atoms with Crippen molar-refractivity contribution in [1.29, 1.82) is 0 Å². The number of carbonyl (C=O) groups is 1. The lowest BCUT2D eigenvalue weighted by Gasteiger charge is -2.31. The Morgan fingerprint density at radius 2 is 1.47 bits per heavy atom. The summed E-state index contributed by atoms with van der Waals surface area (Å²) in [5.74, 6) is 2.00. The quantitative estimate of drug-likeness (QED) is 0.0427. The number of methoxy groups -OCH3 is 3. The number of amides is 1. The first-order chi connectivity index (χ1) is 26.9. The van der Waals surface area contributed by atoms with Crippen molar-refractivity contribution in [2.45, 2.75) is 37.6 Å². The first-order valence-corrected chi connectivity index (χ1v) is 17.8. The molecular weight excluding hydrogens is 699 g/mol. The number of aliphatic hydroxyl groups is 1. The molecule has 2 atom stereocenters. The van der Waals surface area contributed by atoms with E-state index >= 15 is 4.79 Å². The lowest BCUT2D eigenvalue weighted by Crippen LogP contribution is -2.49. The number of benzene rings is 5. The molecule has 6 rings (SSSR count). The molecule has 1 aliphatic heterocycles. The van der Waals surface area contributed by atoms with E-state index in [0.29, 0.717) is 47.2 Å². The summed E-state index contributed by atoms with van der Waals surface area (Å²) in [6.45, 7) is 0.541. The fourth-order valence-electron chi connectivity index (χ4n) is 6.62. The molecule has 0 unspecified atom stereocenters. The molecule has 0 aromatic heterocycles. The minimum Gasteiger partial charge on any atom is -0.496 e. The molecule has 0 aliphatic carbocycles. The molecule has 0 spiro atoms. The maximum Gasteiger partial charge on any atom is 0.252 e. The van der Waals surface area contributed by atoms with Crippen molar-refractivity contribution < 1.29 is 33.6 Å². The van der Waals surface area contributed by atoms with E-state index in [1.165, 1.54) is 0 Å². The van der Waals surface area contributed by atoms with Crippen LogP contribution in [0.25, 0.3) is 21.6 Å². The Hall–Kier alpha value is -6.49. The number of hydrogen-bond donors (Lipinski definition) is 2. The van der Waals surface area contributed by atoms with Crippen LogP contribution >= 0.6 is 0 Å². The van der Waals surface area contributed by atoms with Crippen LogP contribution in [-0.4, -0.2) is 57.0 Å². The van der Waals surface area contributed by atoms with Crippen LogP contribution in [0.15, 0.2) is 125 Å². The summed E-state index contributed by atoms with van der Waals surface area (Å²) < 4.78 is 29.4. The van der Waals surface area contributed by atoms with Crippen molar-refractivity contribution in [3.05, 3.63) is 154 Å². The molecular formula is C43H43N5O7. The van der Waals surface area contributed by atoms with E-state index in [2.05, 4.69) is 15.3 Å². The Kier molecular flexibility index (Phi) is 12.5. The van der Waals surface area contributed by atoms with Gasteiger partial charge in [0.15, 0.2) is 11.6 Å². The summed E-state index contributed by atoms with van der Waals surface area (Å²) in [7, 11) is 4.64. The number of aliphatic imine (C=N–C) groups is 1. The van der Waals surface area contributed by atoms with E-state index in [0.717, 1.165) is 27.8 Å². The van der Waals surface area contributed by atoms with Crippen LogP contribution < -0.4 is 24.3 Å². The Morgan fingerprint density at radius 3 is 2.11 bits per heavy atom. The predicted octanol–water partition coefficient (Wildman–Crippen LogP) is 7.77. The van der Waals surface area contributed by atoms with Crippen LogP contribution in [-0.2, 0) is 29.0 Å². The van der Waals surface area contributed by atoms with Gasteiger partial charge in [-0.1, -0.05) is 84.0 Å². The molecule has 5 aromatic carbocycles. The molecule has 1 heterocycles. The Bertz CT molecular complexity index is 2130. The number of nitrogens with one attached hydrogen (secondary N) is 1. The molecule has 1 aliphatic rings. The highest BCUT2D eigenvalue weighted by Gasteiger charge is 2.53. The van der Waals surface area contributed by atoms with Crippen molar-refractivity contribution in [2.24, 2.45) is 10.1 Å². The zero-order valence-corrected chi connectivity index (χ0v) is 31.0. The number of azide groups is 1. The fraction of sp³-hybridized carbons (Fsp3) is 0.256. The number of hydrogen-bond acceptors (Lipinski definition) is 9. The highest BCUT2D eigenvalue weighted by molar-refractivity contribution is 6.01. The molecule has 12 nitrogen and oxygen atoms in total. The van der Waals surface area contributed by atoms with Gasteiger partial charge in [0, 0.05) is 42.1 Å². The molecule has 1 amide bonds. The van der Waals surface area contributed by atoms with E-state index in [1.807, 2.05) is 91.0 Å². The molecule has 55 heavy (non-hydrogen) atoms. The maximum absolute atomic E-state index is 15.1. The minimum absolute atomic E-state index is 0.0324. The Balaban J connectivity index is 1.47. The van der Waals surface area contributed by atoms with E-state index in [4.69, 9.17) is 28.7 Å². The maximum atomic E-state index is 15.1. The van der Waals surface area contributed by atoms with Gasteiger partial charge in [-0.3, -0.25) is 4.79 Å². The van der Waals surface area contributed by atoms with Gasteiger partial charge in [-0.15, -0.1) is 0 Å². The third-order valence-electron chi connectivity index (χ3n) is 9.48. The number of carbonyl (C=O) groups excluding carboxylic acids is 1. The van der Waals surface area contributed by atoms with Gasteiger partial charge < -0.3 is 34.1 Å². The third-order valence-corrected chi connectivity index (χ3v) is 9.48. The van der Waals surface area contributed by atoms with Gasteiger partial charge in [-0.25, -0.2) is 4.99 Å². The summed E-state index contributed by atoms with van der Waals surface area (Å²) in [6, 6.07) is 36.3. The summed E-state index contributed by atoms with van der Waals surface area (Å²) in [5.41, 5.74) is 13.2. The smallest absolute Gasteiger partial charge is 0.252 e. The average molecular weight is 742 g/mol. The van der Waals surface area contributed by atoms with Crippen LogP contribution in [0.3, 0.4) is 0 Å². The normalized spacial score (nSPS) is 15.9. The third kappa shape index (κ3) is 8.67. The second kappa shape index (κ2) is 18.0. The molecule has 0 fully saturated rings. The largest absolute Gasteiger partial charge is 0.496 e. The molecule has 0 saturated carbocycles. The van der Waals surface area contributed by atoms with Gasteiger partial charge in [0.2, 0.25) is 5.90 Å². The monoisotopic (exact) mass is 741 g/mol. The number of aliphatic hydroxyl groups excluding tert-OH is 1. The Labute approximate surface area is 320 Å². The van der Waals surface area contributed by atoms with Gasteiger partial charge in [0.25, 0.3) is 5.91 Å². The Morgan fingerprint density at radius 1 is 0.836 bits per heavy atom. The fourth-order valence-corrected chi connectivity index (χ4v) is 6.62. The number of ether oxygens (including phenoxy) is 5. The summed E-state index contributed by atoms with van der Waals surface area (Å²) in [6.07, 6.45) is -0.251. The van der Waals surface area contributed by atoms with Crippen LogP contribution in [0.4, 0.5) is 0 Å². The van der Waals surface area contributed by atoms with Crippen molar-refractivity contribution in [2.75, 3.05) is 34.5 Å². The lowest BCUT2D eigenvalue weighted by atomic mass is 9.80. The molecule has 2 N–H and O–H groups in total. The van der Waals surface area contributed by atoms with Crippen LogP contribution in [0.1, 0.15) is 40.3 Å². The van der Waals surface area contributed by atoms with E-state index in [9.17, 15) is 10.6 Å². The first kappa shape index (κ1) is 38.2. The number of rotatable bonds is 17. The zero-order chi connectivity index (χ0) is 38.6. The van der Waals surface area contributed by atoms with Crippen molar-refractivity contribution in [3.63, 3.8) is 0 Å². The predicted molar refractivity (Wildman–Crippen MR) is 210 cm³/mol. The summed E-state index contributed by atoms with van der Waals surface area (Å²) >= 11 is 0.